The van der Waals surface area contributed by atoms with Crippen LogP contribution in [0.1, 0.15) is 7.43 Å². The molecule has 24 valence electrons. The molecule has 0 spiro atoms. The first-order valence-corrected chi connectivity index (χ1v) is 0. The van der Waals surface area contributed by atoms with Gasteiger partial charge in [0.1, 0.15) is 0 Å². The molecule has 0 unspecified atom stereocenters. The molecule has 0 aliphatic carbocycles. The summed E-state index contributed by atoms with van der Waals surface area (Å²) >= 11 is 0. The maximum Gasteiger partial charge on any atom is 0 e. The summed E-state index contributed by atoms with van der Waals surface area (Å²) in [4.78, 5) is 0. The van der Waals surface area contributed by atoms with Crippen molar-refractivity contribution in [1.29, 1.82) is 0 Å². The van der Waals surface area contributed by atoms with Gasteiger partial charge in [-0.05, 0) is 11.0 Å². The second-order valence-corrected chi connectivity index (χ2v) is 0. The molecule has 0 amide bonds. The summed E-state index contributed by atoms with van der Waals surface area (Å²) in [6, 6.07) is 0. The molecule has 0 N–H and O–H groups in total. The molecule has 4 radical (unpaired) electrons. The fourth-order valence-electron chi connectivity index (χ4n) is 0. The quantitative estimate of drug-likeness (QED) is 0.343. The van der Waals surface area contributed by atoms with E-state index in [2.05, 4.69) is 0 Å². The van der Waals surface area contributed by atoms with Crippen LogP contribution in [-0.2, 0) is 18.6 Å². The predicted octanol–water partition coefficient (Wildman–Crippen LogP) is -1.20. The fourth-order valence-corrected chi connectivity index (χ4v) is 0. The summed E-state index contributed by atoms with van der Waals surface area (Å²) in [7, 11) is 0. The molecule has 0 nitrogen and oxygen atoms in total. The summed E-state index contributed by atoms with van der Waals surface area (Å²) in [5.41, 5.74) is 0. The molecule has 0 rings (SSSR count). The minimum Gasteiger partial charge on any atom is -0.0776 e. The molecule has 0 fully saturated rings. The van der Waals surface area contributed by atoms with Gasteiger partial charge in [-0.1, -0.05) is 7.43 Å². The third kappa shape index (κ3) is 13.3. The van der Waals surface area contributed by atoms with E-state index in [-0.39, 0.29) is 45.4 Å². The fraction of sp³-hybridized carbons (Fsp3) is 1.00. The van der Waals surface area contributed by atoms with Gasteiger partial charge in [0.05, 0.1) is 0 Å². The summed E-state index contributed by atoms with van der Waals surface area (Å²) in [6.07, 6.45) is 0. The average molecular weight is 110 g/mol. The molecule has 0 aromatic carbocycles. The Balaban J connectivity index is 0. The van der Waals surface area contributed by atoms with Crippen LogP contribution in [-0.4, -0.2) is 19.4 Å². The Morgan fingerprint density at radius 3 is 1.00 bits per heavy atom. The number of hydrogen-bond donors (Lipinski definition) is 0. The van der Waals surface area contributed by atoms with Crippen LogP contribution in [0.25, 0.3) is 0 Å². The van der Waals surface area contributed by atoms with Crippen molar-refractivity contribution in [3.63, 3.8) is 0 Å². The molecule has 0 saturated heterocycles. The maximum absolute atomic E-state index is 0. The van der Waals surface area contributed by atoms with Crippen molar-refractivity contribution in [3.8, 4) is 0 Å². The minimum atomic E-state index is 0. The van der Waals surface area contributed by atoms with Crippen molar-refractivity contribution in [2.45, 2.75) is 7.43 Å². The standard InChI is InChI=1S/CH4.B.H4Si.V/h1H4;;1H4;. The van der Waals surface area contributed by atoms with Gasteiger partial charge >= 0.3 is 0 Å². The zero-order valence-corrected chi connectivity index (χ0v) is 2.42. The second-order valence-electron chi connectivity index (χ2n) is 0. The molecule has 0 saturated carbocycles. The van der Waals surface area contributed by atoms with Gasteiger partial charge in [0.15, 0.2) is 0 Å². The van der Waals surface area contributed by atoms with E-state index in [0.717, 1.165) is 0 Å². The molecule has 4 heavy (non-hydrogen) atoms. The topological polar surface area (TPSA) is 0 Å². The first kappa shape index (κ1) is 96.9. The smallest absolute Gasteiger partial charge is 0 e. The molecule has 0 heterocycles. The largest absolute Gasteiger partial charge is 0.0776 e. The van der Waals surface area contributed by atoms with Crippen molar-refractivity contribution in [1.82, 2.24) is 0 Å². The van der Waals surface area contributed by atoms with Crippen molar-refractivity contribution in [2.24, 2.45) is 0 Å². The third-order valence-electron chi connectivity index (χ3n) is 0. The van der Waals surface area contributed by atoms with Gasteiger partial charge in [-0.15, -0.1) is 0 Å². The van der Waals surface area contributed by atoms with Gasteiger partial charge < -0.3 is 0 Å². The Kier molecular flexibility index (Phi) is 1030. The van der Waals surface area contributed by atoms with E-state index in [0.29, 0.717) is 0 Å². The van der Waals surface area contributed by atoms with Crippen molar-refractivity contribution in [2.75, 3.05) is 0 Å². The average Bonchev–Trinajstić information content (AvgIpc) is 0. The Morgan fingerprint density at radius 1 is 1.00 bits per heavy atom. The molecule has 0 aliphatic rings. The third-order valence-corrected chi connectivity index (χ3v) is 0. The van der Waals surface area contributed by atoms with Crippen molar-refractivity contribution in [3.05, 3.63) is 0 Å². The van der Waals surface area contributed by atoms with Crippen LogP contribution in [0.5, 0.6) is 0 Å². The first-order chi connectivity index (χ1) is 0. The molecule has 3 heteroatoms. The molecule has 0 aromatic heterocycles. The van der Waals surface area contributed by atoms with Crippen LogP contribution in [0.3, 0.4) is 0 Å². The Labute approximate surface area is 45.8 Å². The van der Waals surface area contributed by atoms with Gasteiger partial charge in [-0.3, -0.25) is 0 Å². The van der Waals surface area contributed by atoms with Crippen molar-refractivity contribution >= 4 is 19.4 Å². The monoisotopic (exact) mass is 110 g/mol. The van der Waals surface area contributed by atoms with Crippen LogP contribution in [0.15, 0.2) is 0 Å². The van der Waals surface area contributed by atoms with E-state index in [9.17, 15) is 0 Å². The number of hydrogen-bond acceptors (Lipinski definition) is 0. The summed E-state index contributed by atoms with van der Waals surface area (Å²) < 4.78 is 0. The SMILES string of the molecule is C.[B].[SiH4].[V]. The predicted molar refractivity (Wildman–Crippen MR) is 23.8 cm³/mol. The molecular formula is CH8BSiV. The van der Waals surface area contributed by atoms with Crippen LogP contribution >= 0.6 is 0 Å². The Hall–Kier alpha value is 0.866. The van der Waals surface area contributed by atoms with Crippen LogP contribution in [0.2, 0.25) is 0 Å². The zero-order chi connectivity index (χ0) is 0. The molecule has 0 aromatic rings. The normalized spacial score (nSPS) is 0. The van der Waals surface area contributed by atoms with Crippen molar-refractivity contribution < 1.29 is 18.6 Å². The van der Waals surface area contributed by atoms with Gasteiger partial charge in [0.2, 0.25) is 0 Å². The first-order valence-electron chi connectivity index (χ1n) is 0. The van der Waals surface area contributed by atoms with Gasteiger partial charge in [-0.2, -0.15) is 0 Å². The van der Waals surface area contributed by atoms with Crippen LogP contribution in [0, 0.1) is 0 Å². The minimum absolute atomic E-state index is 0. The Bertz CT molecular complexity index is 8.00. The van der Waals surface area contributed by atoms with E-state index in [1.54, 1.807) is 0 Å². The van der Waals surface area contributed by atoms with Crippen LogP contribution in [0.4, 0.5) is 0 Å². The summed E-state index contributed by atoms with van der Waals surface area (Å²) in [5.74, 6) is 0. The van der Waals surface area contributed by atoms with E-state index < -0.39 is 0 Å². The molecular weight excluding hydrogens is 102 g/mol. The summed E-state index contributed by atoms with van der Waals surface area (Å²) in [6.45, 7) is 0. The van der Waals surface area contributed by atoms with Gasteiger partial charge in [-0.25, -0.2) is 0 Å². The molecule has 0 aliphatic heterocycles. The Morgan fingerprint density at radius 2 is 1.00 bits per heavy atom. The summed E-state index contributed by atoms with van der Waals surface area (Å²) in [5, 5.41) is 0. The van der Waals surface area contributed by atoms with E-state index in [4.69, 9.17) is 0 Å². The molecule has 0 atom stereocenters. The molecule has 0 bridgehead atoms. The van der Waals surface area contributed by atoms with E-state index in [1.165, 1.54) is 0 Å². The second kappa shape index (κ2) is 42.3. The van der Waals surface area contributed by atoms with Gasteiger partial charge in [0.25, 0.3) is 0 Å². The van der Waals surface area contributed by atoms with E-state index in [1.807, 2.05) is 0 Å². The zero-order valence-electron chi connectivity index (χ0n) is 1.02. The maximum atomic E-state index is 0. The van der Waals surface area contributed by atoms with Gasteiger partial charge in [0, 0.05) is 27.0 Å². The number of rotatable bonds is 0. The van der Waals surface area contributed by atoms with E-state index >= 15 is 0 Å². The van der Waals surface area contributed by atoms with Crippen LogP contribution < -0.4 is 0 Å².